The van der Waals surface area contributed by atoms with Crippen molar-refractivity contribution in [3.63, 3.8) is 0 Å². The van der Waals surface area contributed by atoms with Gasteiger partial charge in [-0.05, 0) is 5.57 Å². The fraction of sp³-hybridized carbons (Fsp3) is 0.333. The molecule has 0 saturated carbocycles. The van der Waals surface area contributed by atoms with Gasteiger partial charge in [-0.15, -0.1) is 23.1 Å². The molecule has 0 radical (unpaired) electrons. The van der Waals surface area contributed by atoms with Gasteiger partial charge in [-0.3, -0.25) is 24.2 Å². The van der Waals surface area contributed by atoms with Gasteiger partial charge in [0.15, 0.2) is 16.0 Å². The Morgan fingerprint density at radius 3 is 2.83 bits per heavy atom. The quantitative estimate of drug-likeness (QED) is 0.0727. The molecular weight excluding hydrogens is 536 g/mol. The number of H-pyrrole nitrogens is 1. The molecule has 0 aliphatic carbocycles. The standard InChI is InChI=1S/C18H20N8O7S3/c1-26-18(23-13(29)14(30)24-26)36-5-7-4-34-15(22-10(7)16(31)32)8(3-27)20-12(28)11(25-33-2)9-6-35-17(19)21-9/h3,6,8,15,22H,4-5H2,1-2H3,(H2,19,21)(H,20,28)(H,24,30)(H,31,32)/b25-11-/t8-,15-/m1/s1. The minimum atomic E-state index is -1.27. The number of rotatable bonds is 10. The highest BCUT2D eigenvalue weighted by atomic mass is 32.2. The van der Waals surface area contributed by atoms with E-state index in [1.807, 2.05) is 0 Å². The summed E-state index contributed by atoms with van der Waals surface area (Å²) in [7, 11) is 2.73. The number of nitrogens with zero attached hydrogens (tertiary/aromatic N) is 4. The van der Waals surface area contributed by atoms with Gasteiger partial charge in [0.25, 0.3) is 5.91 Å². The molecule has 36 heavy (non-hydrogen) atoms. The van der Waals surface area contributed by atoms with Crippen LogP contribution in [0.25, 0.3) is 0 Å². The molecule has 3 rings (SSSR count). The number of carboxylic acids is 1. The molecule has 6 N–H and O–H groups in total. The number of thioether (sulfide) groups is 2. The number of aryl methyl sites for hydroxylation is 1. The first kappa shape index (κ1) is 27.0. The highest BCUT2D eigenvalue weighted by Crippen LogP contribution is 2.28. The van der Waals surface area contributed by atoms with Gasteiger partial charge < -0.3 is 31.1 Å². The Morgan fingerprint density at radius 1 is 1.47 bits per heavy atom. The highest BCUT2D eigenvalue weighted by molar-refractivity contribution is 8.00. The Labute approximate surface area is 214 Å². The van der Waals surface area contributed by atoms with Gasteiger partial charge in [0.1, 0.15) is 36.2 Å². The van der Waals surface area contributed by atoms with Crippen LogP contribution in [0, 0.1) is 0 Å². The molecule has 0 aromatic carbocycles. The third-order valence-corrected chi connectivity index (χ3v) is 7.62. The molecule has 1 aliphatic rings. The number of nitrogen functional groups attached to an aromatic ring is 1. The predicted molar refractivity (Wildman–Crippen MR) is 133 cm³/mol. The van der Waals surface area contributed by atoms with Gasteiger partial charge >= 0.3 is 17.1 Å². The molecule has 2 aromatic rings. The van der Waals surface area contributed by atoms with E-state index in [1.165, 1.54) is 36.0 Å². The van der Waals surface area contributed by atoms with E-state index < -0.39 is 34.4 Å². The second-order valence-corrected chi connectivity index (χ2v) is 9.94. The maximum atomic E-state index is 12.8. The van der Waals surface area contributed by atoms with Gasteiger partial charge in [-0.2, -0.15) is 4.98 Å². The zero-order valence-corrected chi connectivity index (χ0v) is 21.2. The second kappa shape index (κ2) is 11.9. The van der Waals surface area contributed by atoms with Crippen LogP contribution in [0.5, 0.6) is 0 Å². The minimum Gasteiger partial charge on any atom is -0.477 e. The number of hydrogen-bond donors (Lipinski definition) is 5. The number of carboxylic acid groups (broad SMARTS) is 1. The van der Waals surface area contributed by atoms with E-state index in [2.05, 4.69) is 30.9 Å². The third-order valence-electron chi connectivity index (χ3n) is 4.55. The smallest absolute Gasteiger partial charge is 0.352 e. The number of carbonyl (C=O) groups is 3. The van der Waals surface area contributed by atoms with E-state index in [9.17, 15) is 29.1 Å². The zero-order valence-electron chi connectivity index (χ0n) is 18.7. The lowest BCUT2D eigenvalue weighted by molar-refractivity contribution is -0.133. The number of aromatic amines is 1. The topological polar surface area (TPSA) is 224 Å². The molecule has 2 aromatic heterocycles. The average Bonchev–Trinajstić information content (AvgIpc) is 3.27. The molecule has 1 aliphatic heterocycles. The normalized spacial score (nSPS) is 16.7. The van der Waals surface area contributed by atoms with Gasteiger partial charge in [-0.1, -0.05) is 16.9 Å². The van der Waals surface area contributed by atoms with E-state index in [4.69, 9.17) is 10.6 Å². The van der Waals surface area contributed by atoms with Crippen molar-refractivity contribution in [2.45, 2.75) is 16.6 Å². The van der Waals surface area contributed by atoms with Crippen molar-refractivity contribution in [1.29, 1.82) is 0 Å². The van der Waals surface area contributed by atoms with E-state index in [1.54, 1.807) is 0 Å². The first-order valence-electron chi connectivity index (χ1n) is 9.86. The number of amides is 1. The van der Waals surface area contributed by atoms with Crippen LogP contribution in [0.2, 0.25) is 0 Å². The van der Waals surface area contributed by atoms with Gasteiger partial charge in [0, 0.05) is 23.9 Å². The lowest BCUT2D eigenvalue weighted by Gasteiger charge is -2.31. The van der Waals surface area contributed by atoms with E-state index in [0.717, 1.165) is 23.1 Å². The van der Waals surface area contributed by atoms with E-state index in [-0.39, 0.29) is 38.9 Å². The summed E-state index contributed by atoms with van der Waals surface area (Å²) in [5.41, 5.74) is 4.04. The lowest BCUT2D eigenvalue weighted by Crippen LogP contribution is -2.53. The number of anilines is 1. The Hall–Kier alpha value is -3.64. The van der Waals surface area contributed by atoms with Crippen LogP contribution in [0.15, 0.2) is 36.6 Å². The lowest BCUT2D eigenvalue weighted by atomic mass is 10.2. The van der Waals surface area contributed by atoms with Crippen LogP contribution in [0.1, 0.15) is 5.69 Å². The van der Waals surface area contributed by atoms with E-state index in [0.29, 0.717) is 11.9 Å². The van der Waals surface area contributed by atoms with Crippen molar-refractivity contribution in [2.24, 2.45) is 12.2 Å². The number of aromatic nitrogens is 4. The molecular formula is C18H20N8O7S3. The van der Waals surface area contributed by atoms with Gasteiger partial charge in [0.2, 0.25) is 0 Å². The monoisotopic (exact) mass is 556 g/mol. The van der Waals surface area contributed by atoms with Crippen LogP contribution in [0.4, 0.5) is 5.13 Å². The first-order chi connectivity index (χ1) is 17.1. The summed E-state index contributed by atoms with van der Waals surface area (Å²) >= 11 is 3.34. The second-order valence-electron chi connectivity index (χ2n) is 6.98. The Morgan fingerprint density at radius 2 is 2.22 bits per heavy atom. The van der Waals surface area contributed by atoms with Gasteiger partial charge in [0.05, 0.1) is 0 Å². The number of aldehydes is 1. The fourth-order valence-corrected chi connectivity index (χ4v) is 5.68. The van der Waals surface area contributed by atoms with Crippen LogP contribution >= 0.6 is 34.9 Å². The number of carbonyl (C=O) groups excluding carboxylic acids is 2. The molecule has 0 fully saturated rings. The summed E-state index contributed by atoms with van der Waals surface area (Å²) in [4.78, 5) is 71.8. The summed E-state index contributed by atoms with van der Waals surface area (Å²) in [6.07, 6.45) is 0.474. The Kier molecular flexibility index (Phi) is 8.88. The van der Waals surface area contributed by atoms with Crippen molar-refractivity contribution in [1.82, 2.24) is 30.4 Å². The molecule has 0 bridgehead atoms. The first-order valence-corrected chi connectivity index (χ1v) is 12.8. The highest BCUT2D eigenvalue weighted by Gasteiger charge is 2.33. The Balaban J connectivity index is 1.75. The molecule has 0 unspecified atom stereocenters. The summed E-state index contributed by atoms with van der Waals surface area (Å²) in [5, 5.41) is 22.0. The van der Waals surface area contributed by atoms with E-state index >= 15 is 0 Å². The molecule has 192 valence electrons. The minimum absolute atomic E-state index is 0.134. The predicted octanol–water partition coefficient (Wildman–Crippen LogP) is -1.66. The molecule has 0 saturated heterocycles. The number of hydrogen-bond acceptors (Lipinski definition) is 14. The molecule has 1 amide bonds. The van der Waals surface area contributed by atoms with Gasteiger partial charge in [-0.25, -0.2) is 9.78 Å². The average molecular weight is 557 g/mol. The van der Waals surface area contributed by atoms with Crippen molar-refractivity contribution < 1.29 is 24.3 Å². The Bertz CT molecular complexity index is 1350. The molecule has 3 heterocycles. The maximum absolute atomic E-state index is 12.8. The maximum Gasteiger partial charge on any atom is 0.352 e. The number of aliphatic carboxylic acids is 1. The fourth-order valence-electron chi connectivity index (χ4n) is 2.90. The number of thiazole rings is 1. The van der Waals surface area contributed by atoms with Crippen LogP contribution in [0.3, 0.4) is 0 Å². The van der Waals surface area contributed by atoms with Crippen molar-refractivity contribution in [3.05, 3.63) is 43.1 Å². The summed E-state index contributed by atoms with van der Waals surface area (Å²) < 4.78 is 1.26. The number of nitrogens with one attached hydrogen (secondary N) is 3. The van der Waals surface area contributed by atoms with Crippen LogP contribution in [-0.2, 0) is 26.3 Å². The molecule has 2 atom stereocenters. The van der Waals surface area contributed by atoms with Crippen molar-refractivity contribution in [3.8, 4) is 0 Å². The third kappa shape index (κ3) is 6.32. The number of nitrogens with two attached hydrogens (primary N) is 1. The SMILES string of the molecule is CO/N=C(\C(=O)N[C@H](C=O)[C@@H]1NC(C(=O)O)=C(CSc2nc(=O)c(=O)[nH]n2C)CS1)c1csc(N)n1. The summed E-state index contributed by atoms with van der Waals surface area (Å²) in [5.74, 6) is -1.70. The molecule has 18 heteroatoms. The van der Waals surface area contributed by atoms with Crippen molar-refractivity contribution >= 4 is 63.9 Å². The number of oxime groups is 1. The summed E-state index contributed by atoms with van der Waals surface area (Å²) in [6.45, 7) is 0. The molecule has 0 spiro atoms. The largest absolute Gasteiger partial charge is 0.477 e. The van der Waals surface area contributed by atoms with Crippen LogP contribution in [-0.4, -0.2) is 78.8 Å². The van der Waals surface area contributed by atoms with Crippen molar-refractivity contribution in [2.75, 3.05) is 24.3 Å². The van der Waals surface area contributed by atoms with Crippen LogP contribution < -0.4 is 27.5 Å². The molecule has 15 nitrogen and oxygen atoms in total. The summed E-state index contributed by atoms with van der Waals surface area (Å²) in [6, 6.07) is -1.13. The zero-order chi connectivity index (χ0) is 26.4.